The SMILES string of the molecule is CCCC/C=C\C/C=C\C/C=C\CCCCC. The molecule has 0 N–H and O–H groups in total. The Morgan fingerprint density at radius 1 is 0.529 bits per heavy atom. The van der Waals surface area contributed by atoms with Crippen LogP contribution in [-0.2, 0) is 0 Å². The first kappa shape index (κ1) is 16.2. The van der Waals surface area contributed by atoms with Gasteiger partial charge in [-0.2, -0.15) is 0 Å². The Hall–Kier alpha value is -0.780. The maximum Gasteiger partial charge on any atom is -0.0169 e. The Labute approximate surface area is 109 Å². The van der Waals surface area contributed by atoms with Gasteiger partial charge < -0.3 is 0 Å². The van der Waals surface area contributed by atoms with E-state index in [1.54, 1.807) is 0 Å². The van der Waals surface area contributed by atoms with E-state index in [-0.39, 0.29) is 0 Å². The molecule has 0 aliphatic rings. The van der Waals surface area contributed by atoms with Crippen LogP contribution in [0.25, 0.3) is 0 Å². The summed E-state index contributed by atoms with van der Waals surface area (Å²) in [6, 6.07) is 0. The van der Waals surface area contributed by atoms with E-state index < -0.39 is 0 Å². The van der Waals surface area contributed by atoms with Crippen molar-refractivity contribution in [2.45, 2.75) is 71.6 Å². The fraction of sp³-hybridized carbons (Fsp3) is 0.647. The normalized spacial score (nSPS) is 12.4. The lowest BCUT2D eigenvalue weighted by molar-refractivity contribution is 0.728. The van der Waals surface area contributed by atoms with Gasteiger partial charge in [0, 0.05) is 0 Å². The van der Waals surface area contributed by atoms with Crippen LogP contribution in [0, 0.1) is 0 Å². The van der Waals surface area contributed by atoms with Crippen molar-refractivity contribution >= 4 is 0 Å². The number of hydrogen-bond acceptors (Lipinski definition) is 0. The largest absolute Gasteiger partial charge is 0.0882 e. The second-order valence-electron chi connectivity index (χ2n) is 4.52. The molecule has 0 atom stereocenters. The molecule has 0 aromatic rings. The highest BCUT2D eigenvalue weighted by Crippen LogP contribution is 2.01. The van der Waals surface area contributed by atoms with Gasteiger partial charge >= 0.3 is 0 Å². The van der Waals surface area contributed by atoms with E-state index in [2.05, 4.69) is 50.3 Å². The van der Waals surface area contributed by atoms with E-state index in [4.69, 9.17) is 0 Å². The van der Waals surface area contributed by atoms with Crippen molar-refractivity contribution in [3.05, 3.63) is 36.5 Å². The zero-order chi connectivity index (χ0) is 12.6. The van der Waals surface area contributed by atoms with Gasteiger partial charge in [-0.05, 0) is 32.1 Å². The van der Waals surface area contributed by atoms with Crippen LogP contribution < -0.4 is 0 Å². The maximum absolute atomic E-state index is 2.32. The highest BCUT2D eigenvalue weighted by molar-refractivity contribution is 4.97. The third kappa shape index (κ3) is 15.2. The molecule has 0 nitrogen and oxygen atoms in total. The monoisotopic (exact) mass is 234 g/mol. The molecule has 0 aliphatic heterocycles. The summed E-state index contributed by atoms with van der Waals surface area (Å²) in [7, 11) is 0. The minimum atomic E-state index is 1.09. The topological polar surface area (TPSA) is 0 Å². The van der Waals surface area contributed by atoms with Gasteiger partial charge in [0.05, 0.1) is 0 Å². The van der Waals surface area contributed by atoms with Crippen molar-refractivity contribution in [2.75, 3.05) is 0 Å². The molecule has 0 amide bonds. The Morgan fingerprint density at radius 2 is 1.00 bits per heavy atom. The van der Waals surface area contributed by atoms with E-state index in [1.807, 2.05) is 0 Å². The van der Waals surface area contributed by atoms with Gasteiger partial charge in [-0.3, -0.25) is 0 Å². The molecule has 0 bridgehead atoms. The van der Waals surface area contributed by atoms with Gasteiger partial charge in [-0.15, -0.1) is 0 Å². The highest BCUT2D eigenvalue weighted by Gasteiger charge is 1.80. The van der Waals surface area contributed by atoms with E-state index in [1.165, 1.54) is 44.9 Å². The Bertz CT molecular complexity index is 208. The number of hydrogen-bond donors (Lipinski definition) is 0. The van der Waals surface area contributed by atoms with E-state index in [0.717, 1.165) is 12.8 Å². The molecular formula is C17H30. The van der Waals surface area contributed by atoms with Crippen molar-refractivity contribution < 1.29 is 0 Å². The van der Waals surface area contributed by atoms with Crippen LogP contribution in [0.4, 0.5) is 0 Å². The van der Waals surface area contributed by atoms with E-state index in [9.17, 15) is 0 Å². The third-order valence-electron chi connectivity index (χ3n) is 2.74. The molecule has 0 fully saturated rings. The summed E-state index contributed by atoms with van der Waals surface area (Å²) >= 11 is 0. The first-order chi connectivity index (χ1) is 8.41. The summed E-state index contributed by atoms with van der Waals surface area (Å²) < 4.78 is 0. The second-order valence-corrected chi connectivity index (χ2v) is 4.52. The van der Waals surface area contributed by atoms with Crippen LogP contribution in [0.3, 0.4) is 0 Å². The van der Waals surface area contributed by atoms with Crippen LogP contribution in [0.1, 0.15) is 71.6 Å². The molecule has 17 heavy (non-hydrogen) atoms. The number of unbranched alkanes of at least 4 members (excludes halogenated alkanes) is 5. The quantitative estimate of drug-likeness (QED) is 0.295. The van der Waals surface area contributed by atoms with Crippen LogP contribution in [0.5, 0.6) is 0 Å². The predicted octanol–water partition coefficient (Wildman–Crippen LogP) is 6.21. The molecule has 0 saturated heterocycles. The van der Waals surface area contributed by atoms with Crippen molar-refractivity contribution in [1.29, 1.82) is 0 Å². The fourth-order valence-electron chi connectivity index (χ4n) is 1.61. The second kappa shape index (κ2) is 15.2. The van der Waals surface area contributed by atoms with Gasteiger partial charge in [-0.25, -0.2) is 0 Å². The van der Waals surface area contributed by atoms with Crippen LogP contribution in [0.2, 0.25) is 0 Å². The molecule has 0 heterocycles. The van der Waals surface area contributed by atoms with Crippen molar-refractivity contribution in [3.63, 3.8) is 0 Å². The molecule has 0 heteroatoms. The summed E-state index contributed by atoms with van der Waals surface area (Å²) in [6.07, 6.45) is 25.0. The van der Waals surface area contributed by atoms with Crippen LogP contribution in [-0.4, -0.2) is 0 Å². The van der Waals surface area contributed by atoms with Crippen molar-refractivity contribution in [1.82, 2.24) is 0 Å². The first-order valence-electron chi connectivity index (χ1n) is 7.36. The van der Waals surface area contributed by atoms with Gasteiger partial charge in [0.1, 0.15) is 0 Å². The van der Waals surface area contributed by atoms with Gasteiger partial charge in [0.15, 0.2) is 0 Å². The van der Waals surface area contributed by atoms with Crippen LogP contribution >= 0.6 is 0 Å². The van der Waals surface area contributed by atoms with Gasteiger partial charge in [0.2, 0.25) is 0 Å². The zero-order valence-electron chi connectivity index (χ0n) is 11.8. The number of rotatable bonds is 11. The average molecular weight is 234 g/mol. The smallest absolute Gasteiger partial charge is 0.0169 e. The lowest BCUT2D eigenvalue weighted by Crippen LogP contribution is -1.70. The third-order valence-corrected chi connectivity index (χ3v) is 2.74. The molecule has 0 saturated carbocycles. The maximum atomic E-state index is 2.32. The Balaban J connectivity index is 3.27. The predicted molar refractivity (Wildman–Crippen MR) is 80.3 cm³/mol. The van der Waals surface area contributed by atoms with Crippen molar-refractivity contribution in [2.24, 2.45) is 0 Å². The fourth-order valence-corrected chi connectivity index (χ4v) is 1.61. The highest BCUT2D eigenvalue weighted by atomic mass is 13.9. The standard InChI is InChI=1S/C17H30/c1-3-5-7-9-11-13-15-17-16-14-12-10-8-6-4-2/h9,11-12,14-15,17H,3-8,10,13,16H2,1-2H3/b11-9-,14-12-,17-15-. The van der Waals surface area contributed by atoms with Gasteiger partial charge in [0.25, 0.3) is 0 Å². The minimum absolute atomic E-state index is 1.09. The van der Waals surface area contributed by atoms with E-state index >= 15 is 0 Å². The summed E-state index contributed by atoms with van der Waals surface area (Å²) in [5.74, 6) is 0. The lowest BCUT2D eigenvalue weighted by atomic mass is 10.2. The molecule has 0 rings (SSSR count). The molecule has 0 spiro atoms. The summed E-state index contributed by atoms with van der Waals surface area (Å²) in [5.41, 5.74) is 0. The van der Waals surface area contributed by atoms with E-state index in [0.29, 0.717) is 0 Å². The lowest BCUT2D eigenvalue weighted by Gasteiger charge is -1.90. The molecule has 0 unspecified atom stereocenters. The Kier molecular flexibility index (Phi) is 14.5. The molecule has 0 aromatic heterocycles. The minimum Gasteiger partial charge on any atom is -0.0882 e. The molecule has 98 valence electrons. The molecule has 0 radical (unpaired) electrons. The first-order valence-corrected chi connectivity index (χ1v) is 7.36. The van der Waals surface area contributed by atoms with Crippen LogP contribution in [0.15, 0.2) is 36.5 Å². The summed E-state index contributed by atoms with van der Waals surface area (Å²) in [4.78, 5) is 0. The summed E-state index contributed by atoms with van der Waals surface area (Å²) in [6.45, 7) is 4.49. The molecule has 0 aliphatic carbocycles. The van der Waals surface area contributed by atoms with Crippen molar-refractivity contribution in [3.8, 4) is 0 Å². The summed E-state index contributed by atoms with van der Waals surface area (Å²) in [5, 5.41) is 0. The van der Waals surface area contributed by atoms with Gasteiger partial charge in [-0.1, -0.05) is 76.0 Å². The Morgan fingerprint density at radius 3 is 1.53 bits per heavy atom. The number of allylic oxidation sites excluding steroid dienone is 6. The molecular weight excluding hydrogens is 204 g/mol. The molecule has 0 aromatic carbocycles. The average Bonchev–Trinajstić information content (AvgIpc) is 2.35. The zero-order valence-corrected chi connectivity index (χ0v) is 11.8.